The van der Waals surface area contributed by atoms with Crippen molar-refractivity contribution in [2.75, 3.05) is 0 Å². The van der Waals surface area contributed by atoms with E-state index in [1.165, 1.54) is 0 Å². The third kappa shape index (κ3) is 1.74. The van der Waals surface area contributed by atoms with Gasteiger partial charge in [-0.05, 0) is 30.3 Å². The molecule has 0 fully saturated rings. The topological polar surface area (TPSA) is 80.5 Å². The molecule has 1 N–H and O–H groups in total. The molecule has 20 heavy (non-hydrogen) atoms. The highest BCUT2D eigenvalue weighted by molar-refractivity contribution is 5.82. The molecule has 0 unspecified atom stereocenters. The highest BCUT2D eigenvalue weighted by atomic mass is 16.5. The third-order valence-corrected chi connectivity index (χ3v) is 3.03. The van der Waals surface area contributed by atoms with Crippen molar-refractivity contribution in [3.05, 3.63) is 48.9 Å². The van der Waals surface area contributed by atoms with Gasteiger partial charge in [0.25, 0.3) is 5.89 Å². The smallest absolute Gasteiger partial charge is 0.258 e. The van der Waals surface area contributed by atoms with Crippen LogP contribution in [0.3, 0.4) is 0 Å². The molecule has 6 heteroatoms. The number of fused-ring (bicyclic) bond motifs is 1. The number of aromatic nitrogens is 5. The molecule has 4 rings (SSSR count). The first-order chi connectivity index (χ1) is 9.90. The van der Waals surface area contributed by atoms with Crippen LogP contribution in [0.2, 0.25) is 0 Å². The summed E-state index contributed by atoms with van der Waals surface area (Å²) in [6, 6.07) is 9.54. The molecule has 3 aromatic heterocycles. The maximum atomic E-state index is 5.31. The van der Waals surface area contributed by atoms with Gasteiger partial charge in [-0.25, -0.2) is 0 Å². The standard InChI is InChI=1S/C14H9N5O/c1-2-10(7-15-5-1)13-17-14(20-19-13)9-3-4-12-11(6-9)8-16-18-12/h1-8H,(H,16,18). The lowest BCUT2D eigenvalue weighted by Gasteiger charge is -1.94. The predicted molar refractivity (Wildman–Crippen MR) is 72.6 cm³/mol. The molecule has 0 amide bonds. The number of nitrogens with zero attached hydrogens (tertiary/aromatic N) is 4. The molecular weight excluding hydrogens is 254 g/mol. The Kier molecular flexibility index (Phi) is 2.32. The zero-order valence-corrected chi connectivity index (χ0v) is 10.3. The fourth-order valence-electron chi connectivity index (χ4n) is 2.03. The average molecular weight is 263 g/mol. The summed E-state index contributed by atoms with van der Waals surface area (Å²) < 4.78 is 5.31. The molecule has 0 bridgehead atoms. The van der Waals surface area contributed by atoms with Crippen LogP contribution in [0.15, 0.2) is 53.4 Å². The van der Waals surface area contributed by atoms with Crippen LogP contribution < -0.4 is 0 Å². The van der Waals surface area contributed by atoms with Crippen molar-refractivity contribution in [2.24, 2.45) is 0 Å². The number of hydrogen-bond donors (Lipinski definition) is 1. The van der Waals surface area contributed by atoms with Crippen LogP contribution in [0.4, 0.5) is 0 Å². The molecule has 0 aliphatic carbocycles. The normalized spacial score (nSPS) is 11.0. The lowest BCUT2D eigenvalue weighted by atomic mass is 10.1. The minimum absolute atomic E-state index is 0.479. The van der Waals surface area contributed by atoms with Crippen LogP contribution in [0.5, 0.6) is 0 Å². The lowest BCUT2D eigenvalue weighted by molar-refractivity contribution is 0.432. The van der Waals surface area contributed by atoms with Crippen molar-refractivity contribution < 1.29 is 4.52 Å². The van der Waals surface area contributed by atoms with Gasteiger partial charge < -0.3 is 4.52 Å². The zero-order chi connectivity index (χ0) is 13.4. The first kappa shape index (κ1) is 10.9. The Morgan fingerprint density at radius 1 is 1.05 bits per heavy atom. The van der Waals surface area contributed by atoms with Crippen LogP contribution in [0.25, 0.3) is 33.7 Å². The SMILES string of the molecule is c1cncc(-c2noc(-c3ccc4[nH]ncc4c3)n2)c1. The van der Waals surface area contributed by atoms with Crippen molar-refractivity contribution in [1.82, 2.24) is 25.3 Å². The summed E-state index contributed by atoms with van der Waals surface area (Å²) in [5.74, 6) is 1.01. The van der Waals surface area contributed by atoms with Crippen molar-refractivity contribution in [3.63, 3.8) is 0 Å². The average Bonchev–Trinajstić information content (AvgIpc) is 3.16. The van der Waals surface area contributed by atoms with E-state index in [9.17, 15) is 0 Å². The second kappa shape index (κ2) is 4.27. The number of aromatic amines is 1. The highest BCUT2D eigenvalue weighted by Gasteiger charge is 2.11. The summed E-state index contributed by atoms with van der Waals surface area (Å²) in [5, 5.41) is 11.9. The number of rotatable bonds is 2. The second-order valence-electron chi connectivity index (χ2n) is 4.34. The van der Waals surface area contributed by atoms with Crippen molar-refractivity contribution in [3.8, 4) is 22.8 Å². The first-order valence-corrected chi connectivity index (χ1v) is 6.08. The quantitative estimate of drug-likeness (QED) is 0.601. The Balaban J connectivity index is 1.77. The summed E-state index contributed by atoms with van der Waals surface area (Å²) >= 11 is 0. The van der Waals surface area contributed by atoms with Gasteiger partial charge in [0, 0.05) is 28.9 Å². The van der Waals surface area contributed by atoms with Gasteiger partial charge in [-0.2, -0.15) is 10.1 Å². The third-order valence-electron chi connectivity index (χ3n) is 3.03. The molecule has 0 aliphatic rings. The molecule has 1 aromatic carbocycles. The van der Waals surface area contributed by atoms with Crippen LogP contribution >= 0.6 is 0 Å². The summed E-state index contributed by atoms with van der Waals surface area (Å²) in [7, 11) is 0. The van der Waals surface area contributed by atoms with Crippen molar-refractivity contribution >= 4 is 10.9 Å². The van der Waals surface area contributed by atoms with E-state index in [-0.39, 0.29) is 0 Å². The molecule has 96 valence electrons. The second-order valence-corrected chi connectivity index (χ2v) is 4.34. The van der Waals surface area contributed by atoms with Gasteiger partial charge in [0.05, 0.1) is 11.7 Å². The maximum Gasteiger partial charge on any atom is 0.258 e. The van der Waals surface area contributed by atoms with Crippen LogP contribution in [-0.2, 0) is 0 Å². The molecule has 0 atom stereocenters. The van der Waals surface area contributed by atoms with Gasteiger partial charge in [0.1, 0.15) is 0 Å². The minimum atomic E-state index is 0.479. The fourth-order valence-corrected chi connectivity index (χ4v) is 2.03. The molecule has 0 saturated heterocycles. The van der Waals surface area contributed by atoms with Crippen LogP contribution in [0.1, 0.15) is 0 Å². The van der Waals surface area contributed by atoms with E-state index in [0.717, 1.165) is 22.0 Å². The number of hydrogen-bond acceptors (Lipinski definition) is 5. The summed E-state index contributed by atoms with van der Waals surface area (Å²) in [5.41, 5.74) is 2.66. The van der Waals surface area contributed by atoms with Gasteiger partial charge in [0.2, 0.25) is 5.82 Å². The Hall–Kier alpha value is -3.02. The molecule has 3 heterocycles. The molecule has 6 nitrogen and oxygen atoms in total. The summed E-state index contributed by atoms with van der Waals surface area (Å²) in [4.78, 5) is 8.44. The van der Waals surface area contributed by atoms with E-state index in [2.05, 4.69) is 25.3 Å². The fraction of sp³-hybridized carbons (Fsp3) is 0. The van der Waals surface area contributed by atoms with Gasteiger partial charge in [-0.15, -0.1) is 0 Å². The highest BCUT2D eigenvalue weighted by Crippen LogP contribution is 2.24. The molecule has 0 saturated carbocycles. The van der Waals surface area contributed by atoms with Crippen LogP contribution in [-0.4, -0.2) is 25.3 Å². The van der Waals surface area contributed by atoms with E-state index in [1.54, 1.807) is 18.6 Å². The minimum Gasteiger partial charge on any atom is -0.334 e. The molecule has 0 aliphatic heterocycles. The van der Waals surface area contributed by atoms with Crippen molar-refractivity contribution in [1.29, 1.82) is 0 Å². The Bertz CT molecular complexity index is 865. The lowest BCUT2D eigenvalue weighted by Crippen LogP contribution is -1.82. The van der Waals surface area contributed by atoms with E-state index < -0.39 is 0 Å². The first-order valence-electron chi connectivity index (χ1n) is 6.08. The van der Waals surface area contributed by atoms with E-state index >= 15 is 0 Å². The molecule has 0 spiro atoms. The largest absolute Gasteiger partial charge is 0.334 e. The number of pyridine rings is 1. The van der Waals surface area contributed by atoms with Gasteiger partial charge in [0.15, 0.2) is 0 Å². The molecular formula is C14H9N5O. The molecule has 0 radical (unpaired) electrons. The predicted octanol–water partition coefficient (Wildman–Crippen LogP) is 2.67. The number of benzene rings is 1. The Morgan fingerprint density at radius 3 is 2.95 bits per heavy atom. The Morgan fingerprint density at radius 2 is 2.05 bits per heavy atom. The van der Waals surface area contributed by atoms with Gasteiger partial charge in [-0.3, -0.25) is 10.1 Å². The maximum absolute atomic E-state index is 5.31. The number of H-pyrrole nitrogens is 1. The van der Waals surface area contributed by atoms with E-state index in [0.29, 0.717) is 11.7 Å². The number of nitrogens with one attached hydrogen (secondary N) is 1. The van der Waals surface area contributed by atoms with Gasteiger partial charge in [-0.1, -0.05) is 5.16 Å². The zero-order valence-electron chi connectivity index (χ0n) is 10.3. The Labute approximate surface area is 113 Å². The monoisotopic (exact) mass is 263 g/mol. The van der Waals surface area contributed by atoms with E-state index in [1.807, 2.05) is 30.3 Å². The van der Waals surface area contributed by atoms with Crippen LogP contribution in [0, 0.1) is 0 Å². The summed E-state index contributed by atoms with van der Waals surface area (Å²) in [6.45, 7) is 0. The van der Waals surface area contributed by atoms with Crippen molar-refractivity contribution in [2.45, 2.75) is 0 Å². The summed E-state index contributed by atoms with van der Waals surface area (Å²) in [6.07, 6.45) is 5.17. The van der Waals surface area contributed by atoms with Gasteiger partial charge >= 0.3 is 0 Å². The molecule has 4 aromatic rings. The van der Waals surface area contributed by atoms with E-state index in [4.69, 9.17) is 4.52 Å².